The van der Waals surface area contributed by atoms with Crippen LogP contribution in [0.4, 0.5) is 28.7 Å². The molecular weight excluding hydrogens is 1360 g/mol. The summed E-state index contributed by atoms with van der Waals surface area (Å²) in [7, 11) is -3.83. The van der Waals surface area contributed by atoms with E-state index in [0.717, 1.165) is 0 Å². The number of amides is 1. The number of fused-ring (bicyclic) bond motifs is 1. The van der Waals surface area contributed by atoms with E-state index in [1.165, 1.54) is 77.6 Å². The second-order valence-electron chi connectivity index (χ2n) is 11.6. The molecule has 2 heterocycles. The van der Waals surface area contributed by atoms with Crippen molar-refractivity contribution in [1.82, 2.24) is 15.0 Å². The second kappa shape index (κ2) is 30.0. The number of benzene rings is 4. The topological polar surface area (TPSA) is 295 Å². The standard InChI is InChI=1S/C34H25ClN8O13S3.CH4I2.2Na.W/c35-32-38-33(40-34(39-32)43-12-10-20(11-13-43)31(46)47)37-24-9-6-21-16-27(57-55-53-48)28(29(44)26(21)18-24)42-41-22-7-4-19(5-8-22)30(45)36-23-2-1-3-25(17-23)59(50,51)15-14-52-58-56-54-49;1-3-2;;;/h1-13,16-18H,14-15H2,(H5-,36,37,38,39,40,44,45,46,47,48,49);3H,1H3;;;/q;;2*+1;/p-2. The van der Waals surface area contributed by atoms with Gasteiger partial charge < -0.3 is 36.2 Å². The number of rotatable bonds is 18. The number of carbonyl (C=O) groups excluding carboxylic acids is 2. The van der Waals surface area contributed by atoms with Crippen LogP contribution in [0.25, 0.3) is 16.7 Å². The number of carbonyl (C=O) groups is 2. The van der Waals surface area contributed by atoms with Crippen LogP contribution in [0.3, 0.4) is 0 Å². The molecular formula is C35H27ClI2N8Na2O13S3W. The Bertz CT molecular complexity index is 2680. The molecule has 0 aliphatic heterocycles. The molecule has 0 saturated heterocycles. The Morgan fingerprint density at radius 1 is 0.923 bits per heavy atom. The van der Waals surface area contributed by atoms with Gasteiger partial charge in [-0.3, -0.25) is 19.1 Å². The molecule has 3 N–H and O–H groups in total. The molecule has 0 radical (unpaired) electrons. The first-order valence-electron chi connectivity index (χ1n) is 16.8. The SMILES string of the molecule is C[IH]I.O=C([O-])c1cc[n+](-c2nc(Cl)nc(Nc3ccc4cc(SOO[O-])c(N=Nc5ccc(C(=O)Nc6cccc(S(=O)(=O)CCOSOO[O-])c6)cc5)c(O)c4c3)n2)cc1.[Na+].[Na+].[W]. The van der Waals surface area contributed by atoms with E-state index < -0.39 is 27.5 Å². The third-order valence-corrected chi connectivity index (χ3v) is 10.6. The minimum Gasteiger partial charge on any atom is -0.691 e. The molecule has 1 amide bonds. The van der Waals surface area contributed by atoms with E-state index in [2.05, 4.69) is 78.1 Å². The molecule has 0 unspecified atom stereocenters. The number of sulfone groups is 1. The fourth-order valence-electron chi connectivity index (χ4n) is 5.05. The number of phenols is 1. The van der Waals surface area contributed by atoms with Crippen molar-refractivity contribution < 1.29 is 146 Å². The molecule has 6 rings (SSSR count). The minimum absolute atomic E-state index is 0. The number of aromatic carboxylic acids is 1. The molecule has 332 valence electrons. The van der Waals surface area contributed by atoms with Crippen molar-refractivity contribution in [2.75, 3.05) is 27.9 Å². The maximum atomic E-state index is 13.0. The van der Waals surface area contributed by atoms with Crippen molar-refractivity contribution in [3.05, 3.63) is 114 Å². The van der Waals surface area contributed by atoms with Crippen LogP contribution in [-0.4, -0.2) is 57.6 Å². The van der Waals surface area contributed by atoms with Crippen LogP contribution in [-0.2, 0) is 53.8 Å². The molecule has 0 bridgehead atoms. The first-order chi connectivity index (χ1) is 29.8. The van der Waals surface area contributed by atoms with Gasteiger partial charge in [0, 0.05) is 49.0 Å². The van der Waals surface area contributed by atoms with Crippen molar-refractivity contribution in [3.8, 4) is 11.7 Å². The minimum atomic E-state index is -3.83. The summed E-state index contributed by atoms with van der Waals surface area (Å²) in [5.74, 6) is -2.65. The number of pyridine rings is 1. The van der Waals surface area contributed by atoms with Gasteiger partial charge in [0.25, 0.3) is 5.91 Å². The Labute approximate surface area is 461 Å². The number of nitrogens with zero attached hydrogens (tertiary/aromatic N) is 6. The molecule has 0 aliphatic rings. The summed E-state index contributed by atoms with van der Waals surface area (Å²) >= 11 is 9.67. The van der Waals surface area contributed by atoms with Crippen molar-refractivity contribution in [2.45, 2.75) is 9.79 Å². The summed E-state index contributed by atoms with van der Waals surface area (Å²) in [4.78, 5) is 38.9. The first kappa shape index (κ1) is 59.4. The summed E-state index contributed by atoms with van der Waals surface area (Å²) in [6, 6.07) is 20.4. The number of nitrogens with one attached hydrogen (secondary N) is 2. The van der Waals surface area contributed by atoms with Crippen molar-refractivity contribution in [3.63, 3.8) is 0 Å². The molecule has 2 aromatic heterocycles. The number of hydrogen-bond acceptors (Lipinski definition) is 21. The number of alkyl halides is 1. The van der Waals surface area contributed by atoms with Gasteiger partial charge in [-0.05, 0) is 99.8 Å². The van der Waals surface area contributed by atoms with E-state index in [-0.39, 0.29) is 165 Å². The quantitative estimate of drug-likeness (QED) is 0.0106. The number of phenolic OH excluding ortho intramolecular Hbond substituents is 1. The van der Waals surface area contributed by atoms with E-state index in [1.54, 1.807) is 24.3 Å². The Balaban J connectivity index is 0.00000235. The van der Waals surface area contributed by atoms with Crippen LogP contribution < -0.4 is 89.9 Å². The van der Waals surface area contributed by atoms with Crippen LogP contribution in [0.5, 0.6) is 5.75 Å². The molecule has 0 atom stereocenters. The van der Waals surface area contributed by atoms with Crippen LogP contribution in [0.2, 0.25) is 5.28 Å². The first-order valence-corrected chi connectivity index (χ1v) is 29.3. The van der Waals surface area contributed by atoms with Crippen molar-refractivity contribution in [1.29, 1.82) is 0 Å². The van der Waals surface area contributed by atoms with E-state index in [9.17, 15) is 38.7 Å². The number of carboxylic acids is 1. The molecule has 0 fully saturated rings. The molecule has 21 nitrogen and oxygen atoms in total. The fraction of sp³-hybridized carbons (Fsp3) is 0.0857. The molecule has 4 aromatic carbocycles. The van der Waals surface area contributed by atoms with Gasteiger partial charge in [0.15, 0.2) is 27.9 Å². The normalized spacial score (nSPS) is 10.8. The predicted molar refractivity (Wildman–Crippen MR) is 236 cm³/mol. The summed E-state index contributed by atoms with van der Waals surface area (Å²) in [5.41, 5.74) is 0.873. The van der Waals surface area contributed by atoms with Crippen molar-refractivity contribution in [2.24, 2.45) is 10.2 Å². The van der Waals surface area contributed by atoms with E-state index in [4.69, 9.17) is 15.8 Å². The summed E-state index contributed by atoms with van der Waals surface area (Å²) in [6.45, 7) is -0.312. The average molecular weight is 1380 g/mol. The Hall–Kier alpha value is -1.75. The number of halogens is 3. The van der Waals surface area contributed by atoms with E-state index >= 15 is 0 Å². The second-order valence-corrected chi connectivity index (χ2v) is 22.1. The molecule has 0 aliphatic carbocycles. The van der Waals surface area contributed by atoms with Crippen LogP contribution in [0.1, 0.15) is 20.7 Å². The number of aromatic nitrogens is 4. The Kier molecular flexibility index (Phi) is 27.4. The monoisotopic (exact) mass is 1380 g/mol. The number of aromatic hydroxyl groups is 1. The van der Waals surface area contributed by atoms with E-state index in [0.29, 0.717) is 40.3 Å². The number of anilines is 3. The maximum Gasteiger partial charge on any atom is 1.00 e. The van der Waals surface area contributed by atoms with Gasteiger partial charge in [-0.25, -0.2) is 13.0 Å². The van der Waals surface area contributed by atoms with Crippen LogP contribution in [0, 0.1) is 0 Å². The molecule has 0 saturated carbocycles. The van der Waals surface area contributed by atoms with Gasteiger partial charge in [0.1, 0.15) is 5.69 Å². The third-order valence-electron chi connectivity index (χ3n) is 7.74. The van der Waals surface area contributed by atoms with Gasteiger partial charge in [0.2, 0.25) is 0 Å². The van der Waals surface area contributed by atoms with Gasteiger partial charge in [-0.15, -0.1) is 9.45 Å². The summed E-state index contributed by atoms with van der Waals surface area (Å²) < 4.78 is 39.9. The zero-order valence-corrected chi connectivity index (χ0v) is 48.1. The van der Waals surface area contributed by atoms with Gasteiger partial charge in [-0.2, -0.15) is 14.4 Å². The third kappa shape index (κ3) is 17.9. The molecule has 6 aromatic rings. The van der Waals surface area contributed by atoms with E-state index in [1.807, 2.05) is 0 Å². The number of carboxylic acid groups (broad SMARTS) is 1. The maximum absolute atomic E-state index is 13.0. The average Bonchev–Trinajstić information content (AvgIpc) is 3.26. The molecule has 65 heavy (non-hydrogen) atoms. The van der Waals surface area contributed by atoms with Gasteiger partial charge in [-0.1, -0.05) is 12.1 Å². The number of azo groups is 1. The number of hydrogen-bond donors (Lipinski definition) is 3. The van der Waals surface area contributed by atoms with Crippen LogP contribution in [0.15, 0.2) is 117 Å². The largest absolute Gasteiger partial charge is 1.00 e. The molecule has 30 heteroatoms. The summed E-state index contributed by atoms with van der Waals surface area (Å²) in [5, 5.41) is 64.2. The Morgan fingerprint density at radius 2 is 1.62 bits per heavy atom. The Morgan fingerprint density at radius 3 is 2.28 bits per heavy atom. The van der Waals surface area contributed by atoms with Gasteiger partial charge in [0.05, 0.1) is 58.2 Å². The zero-order valence-electron chi connectivity index (χ0n) is 33.5. The fourth-order valence-corrected chi connectivity index (χ4v) is 7.15. The predicted octanol–water partition coefficient (Wildman–Crippen LogP) is -1.08. The van der Waals surface area contributed by atoms with Crippen molar-refractivity contribution >= 4 is 133 Å². The molecule has 0 spiro atoms. The zero-order chi connectivity index (χ0) is 44.6. The van der Waals surface area contributed by atoms with Crippen LogP contribution >= 0.6 is 71.8 Å². The van der Waals surface area contributed by atoms with Gasteiger partial charge >= 0.3 is 117 Å². The summed E-state index contributed by atoms with van der Waals surface area (Å²) in [6.07, 6.45) is 2.81. The smallest absolute Gasteiger partial charge is 0.691 e.